The monoisotopic (exact) mass is 273 g/mol. The Bertz CT molecular complexity index is 492. The molecule has 1 aliphatic heterocycles. The van der Waals surface area contributed by atoms with Gasteiger partial charge in [-0.3, -0.25) is 9.69 Å². The van der Waals surface area contributed by atoms with Crippen molar-refractivity contribution in [2.75, 3.05) is 13.6 Å². The predicted molar refractivity (Wildman–Crippen MR) is 62.8 cm³/mol. The molecule has 1 aromatic rings. The first kappa shape index (κ1) is 12.1. The molecule has 90 valence electrons. The molecule has 0 aromatic carbocycles. The van der Waals surface area contributed by atoms with Gasteiger partial charge in [0.1, 0.15) is 11.7 Å². The number of imide groups is 1. The third-order valence-corrected chi connectivity index (χ3v) is 3.01. The van der Waals surface area contributed by atoms with Gasteiger partial charge in [0, 0.05) is 18.8 Å². The number of nitrogens with zero attached hydrogens (tertiary/aromatic N) is 3. The van der Waals surface area contributed by atoms with Gasteiger partial charge in [-0.1, -0.05) is 23.2 Å². The van der Waals surface area contributed by atoms with Crippen molar-refractivity contribution in [3.63, 3.8) is 0 Å². The second-order valence-electron chi connectivity index (χ2n) is 3.72. The van der Waals surface area contributed by atoms with Crippen molar-refractivity contribution in [2.24, 2.45) is 0 Å². The molecule has 0 N–H and O–H groups in total. The number of carbonyl (C=O) groups is 2. The molecular formula is C10H9Cl2N3O2. The Morgan fingerprint density at radius 2 is 2.12 bits per heavy atom. The maximum atomic E-state index is 11.6. The number of pyridine rings is 1. The number of carbonyl (C=O) groups excluding carboxylic acids is 2. The number of rotatable bonds is 2. The molecule has 0 saturated carbocycles. The van der Waals surface area contributed by atoms with E-state index in [1.807, 2.05) is 0 Å². The second-order valence-corrected chi connectivity index (χ2v) is 4.51. The van der Waals surface area contributed by atoms with E-state index >= 15 is 0 Å². The average Bonchev–Trinajstić information content (AvgIpc) is 2.48. The van der Waals surface area contributed by atoms with E-state index in [2.05, 4.69) is 4.98 Å². The standard InChI is InChI=1S/C10H9Cl2N3O2/c1-14-5-9(16)15(10(14)17)4-6-3-13-8(12)2-7(6)11/h2-3H,4-5H2,1H3. The Morgan fingerprint density at radius 1 is 1.41 bits per heavy atom. The van der Waals surface area contributed by atoms with Crippen molar-refractivity contribution in [2.45, 2.75) is 6.54 Å². The normalized spacial score (nSPS) is 15.9. The zero-order valence-corrected chi connectivity index (χ0v) is 10.5. The van der Waals surface area contributed by atoms with Crippen molar-refractivity contribution in [3.05, 3.63) is 28.0 Å². The molecule has 1 aromatic heterocycles. The molecule has 1 aliphatic rings. The van der Waals surface area contributed by atoms with Crippen LogP contribution in [-0.4, -0.2) is 40.3 Å². The third kappa shape index (κ3) is 2.35. The van der Waals surface area contributed by atoms with Crippen LogP contribution in [0.2, 0.25) is 10.2 Å². The van der Waals surface area contributed by atoms with E-state index in [9.17, 15) is 9.59 Å². The van der Waals surface area contributed by atoms with E-state index in [1.54, 1.807) is 7.05 Å². The van der Waals surface area contributed by atoms with E-state index in [4.69, 9.17) is 23.2 Å². The number of amides is 3. The fourth-order valence-corrected chi connectivity index (χ4v) is 1.97. The fourth-order valence-electron chi connectivity index (χ4n) is 1.55. The van der Waals surface area contributed by atoms with Gasteiger partial charge in [0.05, 0.1) is 11.6 Å². The van der Waals surface area contributed by atoms with E-state index in [0.29, 0.717) is 10.6 Å². The zero-order chi connectivity index (χ0) is 12.6. The fraction of sp³-hybridized carbons (Fsp3) is 0.300. The molecular weight excluding hydrogens is 265 g/mol. The summed E-state index contributed by atoms with van der Waals surface area (Å²) in [6.45, 7) is 0.211. The Morgan fingerprint density at radius 3 is 2.65 bits per heavy atom. The topological polar surface area (TPSA) is 53.5 Å². The van der Waals surface area contributed by atoms with Crippen molar-refractivity contribution in [1.29, 1.82) is 0 Å². The number of halogens is 2. The molecule has 7 heteroatoms. The maximum Gasteiger partial charge on any atom is 0.327 e. The quantitative estimate of drug-likeness (QED) is 0.610. The van der Waals surface area contributed by atoms with Crippen LogP contribution in [0.15, 0.2) is 12.3 Å². The van der Waals surface area contributed by atoms with Crippen LogP contribution in [-0.2, 0) is 11.3 Å². The first-order valence-electron chi connectivity index (χ1n) is 4.84. The molecule has 0 unspecified atom stereocenters. The minimum atomic E-state index is -0.332. The van der Waals surface area contributed by atoms with Crippen LogP contribution in [0.5, 0.6) is 0 Å². The van der Waals surface area contributed by atoms with Crippen LogP contribution in [0.1, 0.15) is 5.56 Å². The molecule has 17 heavy (non-hydrogen) atoms. The summed E-state index contributed by atoms with van der Waals surface area (Å²) in [6.07, 6.45) is 1.46. The molecule has 1 fully saturated rings. The molecule has 2 rings (SSSR count). The molecule has 0 spiro atoms. The predicted octanol–water partition coefficient (Wildman–Crippen LogP) is 1.78. The SMILES string of the molecule is CN1CC(=O)N(Cc2cnc(Cl)cc2Cl)C1=O. The summed E-state index contributed by atoms with van der Waals surface area (Å²) in [5.74, 6) is -0.247. The van der Waals surface area contributed by atoms with Gasteiger partial charge in [-0.15, -0.1) is 0 Å². The molecule has 0 aliphatic carbocycles. The lowest BCUT2D eigenvalue weighted by Gasteiger charge is -2.14. The number of hydrogen-bond donors (Lipinski definition) is 0. The molecule has 1 saturated heterocycles. The molecule has 0 atom stereocenters. The van der Waals surface area contributed by atoms with Crippen LogP contribution >= 0.6 is 23.2 Å². The number of hydrogen-bond acceptors (Lipinski definition) is 3. The van der Waals surface area contributed by atoms with Crippen molar-refractivity contribution in [1.82, 2.24) is 14.8 Å². The van der Waals surface area contributed by atoms with Crippen molar-refractivity contribution < 1.29 is 9.59 Å². The Labute approximate surface area is 108 Å². The largest absolute Gasteiger partial charge is 0.327 e. The van der Waals surface area contributed by atoms with Crippen LogP contribution in [0.4, 0.5) is 4.79 Å². The summed E-state index contributed by atoms with van der Waals surface area (Å²) in [5.41, 5.74) is 0.591. The highest BCUT2D eigenvalue weighted by atomic mass is 35.5. The highest BCUT2D eigenvalue weighted by Crippen LogP contribution is 2.21. The molecule has 0 bridgehead atoms. The summed E-state index contributed by atoms with van der Waals surface area (Å²) >= 11 is 11.6. The van der Waals surface area contributed by atoms with Gasteiger partial charge in [0.15, 0.2) is 0 Å². The van der Waals surface area contributed by atoms with Crippen molar-refractivity contribution >= 4 is 35.1 Å². The summed E-state index contributed by atoms with van der Waals surface area (Å²) < 4.78 is 0. The first-order valence-corrected chi connectivity index (χ1v) is 5.60. The van der Waals surface area contributed by atoms with E-state index in [-0.39, 0.29) is 30.2 Å². The van der Waals surface area contributed by atoms with Gasteiger partial charge < -0.3 is 4.90 Å². The minimum Gasteiger partial charge on any atom is -0.318 e. The van der Waals surface area contributed by atoms with Crippen LogP contribution in [0.25, 0.3) is 0 Å². The summed E-state index contributed by atoms with van der Waals surface area (Å²) in [6, 6.07) is 1.15. The Kier molecular flexibility index (Phi) is 3.22. The molecule has 3 amide bonds. The van der Waals surface area contributed by atoms with Crippen LogP contribution < -0.4 is 0 Å². The van der Waals surface area contributed by atoms with Gasteiger partial charge in [0.25, 0.3) is 5.91 Å². The van der Waals surface area contributed by atoms with Gasteiger partial charge in [-0.05, 0) is 6.07 Å². The average molecular weight is 274 g/mol. The molecule has 0 radical (unpaired) electrons. The third-order valence-electron chi connectivity index (χ3n) is 2.46. The van der Waals surface area contributed by atoms with Crippen LogP contribution in [0, 0.1) is 0 Å². The zero-order valence-electron chi connectivity index (χ0n) is 8.98. The summed E-state index contributed by atoms with van der Waals surface area (Å²) in [4.78, 5) is 29.5. The number of urea groups is 1. The second kappa shape index (κ2) is 4.50. The first-order chi connectivity index (χ1) is 7.99. The Balaban J connectivity index is 2.21. The lowest BCUT2D eigenvalue weighted by molar-refractivity contribution is -0.125. The van der Waals surface area contributed by atoms with Gasteiger partial charge in [-0.2, -0.15) is 0 Å². The van der Waals surface area contributed by atoms with Crippen molar-refractivity contribution in [3.8, 4) is 0 Å². The lowest BCUT2D eigenvalue weighted by atomic mass is 10.2. The Hall–Kier alpha value is -1.33. The van der Waals surface area contributed by atoms with E-state index in [1.165, 1.54) is 17.2 Å². The van der Waals surface area contributed by atoms with E-state index < -0.39 is 0 Å². The van der Waals surface area contributed by atoms with E-state index in [0.717, 1.165) is 4.90 Å². The number of aromatic nitrogens is 1. The molecule has 2 heterocycles. The maximum absolute atomic E-state index is 11.6. The summed E-state index contributed by atoms with van der Waals surface area (Å²) in [5, 5.41) is 0.662. The lowest BCUT2D eigenvalue weighted by Crippen LogP contribution is -2.31. The van der Waals surface area contributed by atoms with Crippen LogP contribution in [0.3, 0.4) is 0 Å². The highest BCUT2D eigenvalue weighted by molar-refractivity contribution is 6.34. The van der Waals surface area contributed by atoms with Gasteiger partial charge in [0.2, 0.25) is 0 Å². The molecule has 5 nitrogen and oxygen atoms in total. The minimum absolute atomic E-state index is 0.0947. The highest BCUT2D eigenvalue weighted by Gasteiger charge is 2.33. The smallest absolute Gasteiger partial charge is 0.318 e. The number of likely N-dealkylation sites (N-methyl/N-ethyl adjacent to an activating group) is 1. The van der Waals surface area contributed by atoms with Gasteiger partial charge >= 0.3 is 6.03 Å². The van der Waals surface area contributed by atoms with Gasteiger partial charge in [-0.25, -0.2) is 9.78 Å². The summed E-state index contributed by atoms with van der Waals surface area (Å²) in [7, 11) is 1.57.